The van der Waals surface area contributed by atoms with Crippen LogP contribution in [-0.4, -0.2) is 76.6 Å². The first-order chi connectivity index (χ1) is 25.4. The van der Waals surface area contributed by atoms with E-state index in [9.17, 15) is 13.2 Å². The van der Waals surface area contributed by atoms with Crippen molar-refractivity contribution in [3.8, 4) is 11.4 Å². The number of nitrogens with one attached hydrogen (secondary N) is 2. The van der Waals surface area contributed by atoms with Gasteiger partial charge in [-0.2, -0.15) is 13.5 Å². The van der Waals surface area contributed by atoms with E-state index in [-0.39, 0.29) is 36.8 Å². The van der Waals surface area contributed by atoms with Crippen LogP contribution in [0.2, 0.25) is 0 Å². The highest BCUT2D eigenvalue weighted by Gasteiger charge is 2.32. The molecule has 2 N–H and O–H groups in total. The number of hydroxylamine groups is 2. The molecule has 2 aromatic carbocycles. The molecular weight excluding hydrogens is 699 g/mol. The number of hydrogen-bond acceptors (Lipinski definition) is 11. The standard InChI is InChI=1S/C37H47N9O6S/c1-37(2,3)32-24-34(46(42-32)26-11-10-12-27(23-26)50-21-22-51-53(4,48)49)39-35(47)38-30-15-16-31(29-14-7-6-13-28(29)30)52-44-20-17-33-40-41-36(45(33)25-44)43-18-8-5-9-19-43/h6-7,10-14,17,20,23-24,30-31H,5,8-9,15-16,18-19,21-22,25H2,1-4H3,(H2,38,39,47)/t30-,31+/m0/s1. The lowest BCUT2D eigenvalue weighted by molar-refractivity contribution is -0.190. The van der Waals surface area contributed by atoms with Gasteiger partial charge in [0, 0.05) is 42.9 Å². The number of aromatic nitrogens is 5. The van der Waals surface area contributed by atoms with Crippen molar-refractivity contribution in [2.45, 2.75) is 77.1 Å². The summed E-state index contributed by atoms with van der Waals surface area (Å²) in [6.45, 7) is 8.56. The van der Waals surface area contributed by atoms with Crippen LogP contribution in [0.3, 0.4) is 0 Å². The maximum absolute atomic E-state index is 13.7. The van der Waals surface area contributed by atoms with Crippen LogP contribution in [-0.2, 0) is 31.2 Å². The molecule has 1 fully saturated rings. The van der Waals surface area contributed by atoms with Gasteiger partial charge in [-0.05, 0) is 55.4 Å². The molecule has 4 heterocycles. The predicted molar refractivity (Wildman–Crippen MR) is 200 cm³/mol. The average Bonchev–Trinajstić information content (AvgIpc) is 3.76. The topological polar surface area (TPSA) is 158 Å². The first-order valence-electron chi connectivity index (χ1n) is 18.1. The quantitative estimate of drug-likeness (QED) is 0.144. The molecule has 3 aliphatic rings. The second-order valence-corrected chi connectivity index (χ2v) is 16.3. The highest BCUT2D eigenvalue weighted by atomic mass is 32.2. The summed E-state index contributed by atoms with van der Waals surface area (Å²) in [6.07, 6.45) is 9.58. The fourth-order valence-electron chi connectivity index (χ4n) is 6.87. The van der Waals surface area contributed by atoms with Crippen molar-refractivity contribution >= 4 is 34.0 Å². The fourth-order valence-corrected chi connectivity index (χ4v) is 7.24. The number of rotatable bonds is 11. The Morgan fingerprint density at radius 1 is 0.962 bits per heavy atom. The third-order valence-electron chi connectivity index (χ3n) is 9.50. The van der Waals surface area contributed by atoms with E-state index >= 15 is 0 Å². The Hall–Kier alpha value is -4.93. The summed E-state index contributed by atoms with van der Waals surface area (Å²) < 4.78 is 36.9. The number of carbonyl (C=O) groups excluding carboxylic acids is 1. The van der Waals surface area contributed by atoms with Gasteiger partial charge in [-0.1, -0.05) is 51.1 Å². The predicted octanol–water partition coefficient (Wildman–Crippen LogP) is 5.68. The molecule has 2 aliphatic heterocycles. The van der Waals surface area contributed by atoms with Gasteiger partial charge >= 0.3 is 6.03 Å². The summed E-state index contributed by atoms with van der Waals surface area (Å²) in [5.41, 5.74) is 3.20. The Morgan fingerprint density at radius 2 is 1.75 bits per heavy atom. The monoisotopic (exact) mass is 745 g/mol. The molecule has 1 aliphatic carbocycles. The number of nitrogens with zero attached hydrogens (tertiary/aromatic N) is 7. The van der Waals surface area contributed by atoms with E-state index in [0.717, 1.165) is 60.8 Å². The number of urea groups is 1. The van der Waals surface area contributed by atoms with Crippen molar-refractivity contribution < 1.29 is 27.0 Å². The number of piperidine rings is 1. The molecular formula is C37H47N9O6S. The molecule has 2 atom stereocenters. The molecule has 53 heavy (non-hydrogen) atoms. The maximum atomic E-state index is 13.7. The van der Waals surface area contributed by atoms with Crippen LogP contribution in [0.4, 0.5) is 16.6 Å². The zero-order valence-corrected chi connectivity index (χ0v) is 31.4. The van der Waals surface area contributed by atoms with Gasteiger partial charge in [-0.25, -0.2) is 14.5 Å². The van der Waals surface area contributed by atoms with Gasteiger partial charge in [0.1, 0.15) is 37.6 Å². The summed E-state index contributed by atoms with van der Waals surface area (Å²) in [5, 5.41) is 21.8. The second kappa shape index (κ2) is 15.2. The number of amides is 2. The van der Waals surface area contributed by atoms with E-state index in [4.69, 9.17) is 18.9 Å². The first-order valence-corrected chi connectivity index (χ1v) is 19.9. The van der Waals surface area contributed by atoms with Crippen LogP contribution in [0.25, 0.3) is 11.8 Å². The zero-order valence-electron chi connectivity index (χ0n) is 30.6. The van der Waals surface area contributed by atoms with Crippen LogP contribution in [0, 0.1) is 0 Å². The number of hydrogen-bond donors (Lipinski definition) is 2. The Balaban J connectivity index is 1.03. The van der Waals surface area contributed by atoms with E-state index in [1.165, 1.54) is 6.42 Å². The van der Waals surface area contributed by atoms with E-state index in [2.05, 4.69) is 57.1 Å². The molecule has 15 nitrogen and oxygen atoms in total. The lowest BCUT2D eigenvalue weighted by atomic mass is 9.86. The maximum Gasteiger partial charge on any atom is 0.320 e. The van der Waals surface area contributed by atoms with Gasteiger partial charge in [0.15, 0.2) is 5.82 Å². The molecule has 282 valence electrons. The molecule has 4 aromatic rings. The van der Waals surface area contributed by atoms with Crippen molar-refractivity contribution in [3.05, 3.63) is 83.4 Å². The number of anilines is 2. The second-order valence-electron chi connectivity index (χ2n) is 14.6. The number of benzene rings is 2. The Labute approximate surface area is 310 Å². The highest BCUT2D eigenvalue weighted by Crippen LogP contribution is 2.39. The fraction of sp³-hybridized carbons (Fsp3) is 0.459. The molecule has 1 saturated heterocycles. The van der Waals surface area contributed by atoms with E-state index in [1.807, 2.05) is 47.7 Å². The summed E-state index contributed by atoms with van der Waals surface area (Å²) >= 11 is 0. The van der Waals surface area contributed by atoms with E-state index < -0.39 is 10.1 Å². The van der Waals surface area contributed by atoms with Crippen molar-refractivity contribution in [1.29, 1.82) is 0 Å². The van der Waals surface area contributed by atoms with Crippen molar-refractivity contribution in [2.75, 3.05) is 42.8 Å². The van der Waals surface area contributed by atoms with Crippen molar-refractivity contribution in [1.82, 2.24) is 34.9 Å². The van der Waals surface area contributed by atoms with Crippen LogP contribution < -0.4 is 20.3 Å². The molecule has 7 rings (SSSR count). The molecule has 16 heteroatoms. The third kappa shape index (κ3) is 8.66. The molecule has 2 aromatic heterocycles. The van der Waals surface area contributed by atoms with Gasteiger partial charge in [0.05, 0.1) is 23.7 Å². The molecule has 0 radical (unpaired) electrons. The van der Waals surface area contributed by atoms with Crippen molar-refractivity contribution in [3.63, 3.8) is 0 Å². The van der Waals surface area contributed by atoms with E-state index in [1.54, 1.807) is 22.9 Å². The van der Waals surface area contributed by atoms with Crippen LogP contribution in [0.5, 0.6) is 5.75 Å². The van der Waals surface area contributed by atoms with Gasteiger partial charge < -0.3 is 15.0 Å². The highest BCUT2D eigenvalue weighted by molar-refractivity contribution is 7.85. The van der Waals surface area contributed by atoms with Gasteiger partial charge in [0.2, 0.25) is 5.95 Å². The minimum absolute atomic E-state index is 0.0442. The Bertz CT molecular complexity index is 2070. The van der Waals surface area contributed by atoms with Crippen LogP contribution >= 0.6 is 0 Å². The molecule has 2 amide bonds. The molecule has 0 bridgehead atoms. The number of ether oxygens (including phenoxy) is 1. The number of carbonyl (C=O) groups is 1. The summed E-state index contributed by atoms with van der Waals surface area (Å²) in [4.78, 5) is 22.6. The van der Waals surface area contributed by atoms with Crippen LogP contribution in [0.15, 0.2) is 60.8 Å². The minimum Gasteiger partial charge on any atom is -0.491 e. The largest absolute Gasteiger partial charge is 0.491 e. The third-order valence-corrected chi connectivity index (χ3v) is 10.1. The normalized spacial score (nSPS) is 18.7. The molecule has 0 spiro atoms. The first kappa shape index (κ1) is 36.4. The summed E-state index contributed by atoms with van der Waals surface area (Å²) in [6, 6.07) is 16.6. The minimum atomic E-state index is -3.56. The smallest absolute Gasteiger partial charge is 0.320 e. The van der Waals surface area contributed by atoms with Gasteiger partial charge in [-0.3, -0.25) is 18.9 Å². The van der Waals surface area contributed by atoms with Crippen molar-refractivity contribution in [2.24, 2.45) is 0 Å². The van der Waals surface area contributed by atoms with E-state index in [0.29, 0.717) is 36.8 Å². The Morgan fingerprint density at radius 3 is 2.53 bits per heavy atom. The average molecular weight is 746 g/mol. The van der Waals surface area contributed by atoms with Gasteiger partial charge in [0.25, 0.3) is 10.1 Å². The lowest BCUT2D eigenvalue weighted by Gasteiger charge is -2.36. The SMILES string of the molecule is CC(C)(C)c1cc(NC(=O)N[C@H]2CC[C@@H](ON3C=Cc4nnc(N5CCCCC5)n4C3)c3ccccc32)n(-c2cccc(OCCOS(C)(=O)=O)c2)n1. The number of fused-ring (bicyclic) bond motifs is 2. The molecule has 0 unspecified atom stereocenters. The zero-order chi connectivity index (χ0) is 37.2. The summed E-state index contributed by atoms with van der Waals surface area (Å²) in [5.74, 6) is 2.69. The summed E-state index contributed by atoms with van der Waals surface area (Å²) in [7, 11) is -3.56. The van der Waals surface area contributed by atoms with Crippen LogP contribution in [0.1, 0.15) is 87.7 Å². The molecule has 0 saturated carbocycles. The Kier molecular flexibility index (Phi) is 10.4. The van der Waals surface area contributed by atoms with Gasteiger partial charge in [-0.15, -0.1) is 10.2 Å². The lowest BCUT2D eigenvalue weighted by Crippen LogP contribution is -2.37.